The zero-order chi connectivity index (χ0) is 30.0. The molecule has 2 aliphatic heterocycles. The van der Waals surface area contributed by atoms with Gasteiger partial charge in [-0.2, -0.15) is 0 Å². The van der Waals surface area contributed by atoms with E-state index in [1.807, 2.05) is 19.1 Å². The Morgan fingerprint density at radius 3 is 2.05 bits per heavy atom. The van der Waals surface area contributed by atoms with Gasteiger partial charge < -0.3 is 23.4 Å². The number of hydrogen-bond donors (Lipinski definition) is 0. The van der Waals surface area contributed by atoms with Crippen molar-refractivity contribution in [3.63, 3.8) is 0 Å². The molecule has 0 unspecified atom stereocenters. The van der Waals surface area contributed by atoms with Gasteiger partial charge in [-0.15, -0.1) is 0 Å². The van der Waals surface area contributed by atoms with Crippen LogP contribution in [0.5, 0.6) is 0 Å². The Balaban J connectivity index is 1.63. The van der Waals surface area contributed by atoms with Gasteiger partial charge in [0, 0.05) is 18.4 Å². The zero-order valence-electron chi connectivity index (χ0n) is 25.2. The highest BCUT2D eigenvalue weighted by molar-refractivity contribution is 6.99. The topological polar surface area (TPSA) is 91.4 Å². The van der Waals surface area contributed by atoms with Crippen molar-refractivity contribution in [2.24, 2.45) is 17.8 Å². The summed E-state index contributed by atoms with van der Waals surface area (Å²) >= 11 is 0. The molecule has 2 aromatic carbocycles. The van der Waals surface area contributed by atoms with E-state index in [-0.39, 0.29) is 36.1 Å². The van der Waals surface area contributed by atoms with Gasteiger partial charge in [-0.05, 0) is 29.3 Å². The molecule has 222 valence electrons. The van der Waals surface area contributed by atoms with Crippen LogP contribution < -0.4 is 10.4 Å². The number of aldehydes is 1. The third kappa shape index (κ3) is 6.18. The fourth-order valence-electron chi connectivity index (χ4n) is 6.28. The molecular formula is C32H43NO7Si. The van der Waals surface area contributed by atoms with E-state index in [0.717, 1.165) is 4.90 Å². The molecule has 0 bridgehead atoms. The van der Waals surface area contributed by atoms with Gasteiger partial charge in [-0.1, -0.05) is 95.3 Å². The lowest BCUT2D eigenvalue weighted by atomic mass is 9.82. The number of hydrogen-bond acceptors (Lipinski definition) is 7. The average Bonchev–Trinajstić information content (AvgIpc) is 3.37. The number of amides is 2. The second-order valence-electron chi connectivity index (χ2n) is 12.6. The van der Waals surface area contributed by atoms with Gasteiger partial charge in [0.05, 0.1) is 18.8 Å². The van der Waals surface area contributed by atoms with E-state index < -0.39 is 38.1 Å². The number of benzene rings is 2. The molecule has 8 nitrogen and oxygen atoms in total. The lowest BCUT2D eigenvalue weighted by Crippen LogP contribution is -2.67. The number of imide groups is 1. The Morgan fingerprint density at radius 1 is 1.05 bits per heavy atom. The molecule has 0 spiro atoms. The molecule has 0 radical (unpaired) electrons. The van der Waals surface area contributed by atoms with Crippen LogP contribution in [0, 0.1) is 17.8 Å². The van der Waals surface area contributed by atoms with Crippen molar-refractivity contribution < 1.29 is 33.0 Å². The van der Waals surface area contributed by atoms with Crippen molar-refractivity contribution in [2.75, 3.05) is 19.8 Å². The molecule has 2 heterocycles. The monoisotopic (exact) mass is 581 g/mol. The zero-order valence-corrected chi connectivity index (χ0v) is 26.2. The smallest absolute Gasteiger partial charge is 0.416 e. The van der Waals surface area contributed by atoms with E-state index >= 15 is 0 Å². The highest BCUT2D eigenvalue weighted by Gasteiger charge is 2.53. The standard InChI is InChI=1S/C32H43NO7Si/c1-22(21-38-41(31(3,4)5,24-14-10-8-11-15-24)25-16-12-9-13-17-25)27-23(2)28(40-32(6,7)39-27)26(20-34)29(35)33-18-19-37-30(33)36/h8-17,20,22-23,26-28H,18-19,21H2,1-7H3/t22-,23-,26+,27-,28-/m1/s1. The minimum absolute atomic E-state index is 0.100. The molecule has 0 N–H and O–H groups in total. The maximum Gasteiger partial charge on any atom is 0.416 e. The van der Waals surface area contributed by atoms with Crippen molar-refractivity contribution in [1.29, 1.82) is 0 Å². The van der Waals surface area contributed by atoms with Gasteiger partial charge >= 0.3 is 6.09 Å². The number of carbonyl (C=O) groups is 3. The summed E-state index contributed by atoms with van der Waals surface area (Å²) < 4.78 is 24.7. The summed E-state index contributed by atoms with van der Waals surface area (Å²) in [4.78, 5) is 38.6. The Kier molecular flexibility index (Phi) is 9.23. The van der Waals surface area contributed by atoms with Crippen LogP contribution in [-0.2, 0) is 28.2 Å². The van der Waals surface area contributed by atoms with Gasteiger partial charge in [0.15, 0.2) is 5.79 Å². The molecule has 0 aromatic heterocycles. The Bertz CT molecular complexity index is 1170. The fraction of sp³-hybridized carbons (Fsp3) is 0.531. The lowest BCUT2D eigenvalue weighted by Gasteiger charge is -2.49. The molecule has 2 amide bonds. The van der Waals surface area contributed by atoms with Crippen LogP contribution in [0.3, 0.4) is 0 Å². The molecule has 2 aromatic rings. The first-order valence-corrected chi connectivity index (χ1v) is 16.3. The summed E-state index contributed by atoms with van der Waals surface area (Å²) in [5.41, 5.74) is 0. The summed E-state index contributed by atoms with van der Waals surface area (Å²) in [5, 5.41) is 2.20. The lowest BCUT2D eigenvalue weighted by molar-refractivity contribution is -0.331. The predicted octanol–water partition coefficient (Wildman–Crippen LogP) is 4.15. The van der Waals surface area contributed by atoms with Crippen molar-refractivity contribution in [3.8, 4) is 0 Å². The largest absolute Gasteiger partial charge is 0.447 e. The minimum Gasteiger partial charge on any atom is -0.447 e. The number of rotatable bonds is 9. The Morgan fingerprint density at radius 2 is 1.59 bits per heavy atom. The Hall–Kier alpha value is -2.85. The molecule has 2 aliphatic rings. The van der Waals surface area contributed by atoms with E-state index in [2.05, 4.69) is 76.2 Å². The quantitative estimate of drug-likeness (QED) is 0.250. The summed E-state index contributed by atoms with van der Waals surface area (Å²) in [5.74, 6) is -3.26. The first-order valence-electron chi connectivity index (χ1n) is 14.4. The van der Waals surface area contributed by atoms with Crippen LogP contribution in [0.1, 0.15) is 48.5 Å². The van der Waals surface area contributed by atoms with Crippen LogP contribution in [-0.4, -0.2) is 69.3 Å². The molecule has 2 saturated heterocycles. The van der Waals surface area contributed by atoms with Crippen LogP contribution in [0.25, 0.3) is 0 Å². The van der Waals surface area contributed by atoms with E-state index in [9.17, 15) is 14.4 Å². The molecule has 0 aliphatic carbocycles. The molecule has 4 rings (SSSR count). The maximum absolute atomic E-state index is 13.3. The summed E-state index contributed by atoms with van der Waals surface area (Å²) in [7, 11) is -2.78. The Labute approximate surface area is 244 Å². The van der Waals surface area contributed by atoms with E-state index in [1.165, 1.54) is 10.4 Å². The van der Waals surface area contributed by atoms with Crippen molar-refractivity contribution in [1.82, 2.24) is 4.90 Å². The molecule has 0 saturated carbocycles. The molecule has 5 atom stereocenters. The average molecular weight is 582 g/mol. The molecule has 2 fully saturated rings. The normalized spacial score (nSPS) is 24.4. The van der Waals surface area contributed by atoms with Crippen LogP contribution in [0.2, 0.25) is 5.04 Å². The van der Waals surface area contributed by atoms with Crippen molar-refractivity contribution in [3.05, 3.63) is 60.7 Å². The summed E-state index contributed by atoms with van der Waals surface area (Å²) in [6, 6.07) is 20.9. The summed E-state index contributed by atoms with van der Waals surface area (Å²) in [6.07, 6.45) is -1.30. The van der Waals surface area contributed by atoms with Gasteiger partial charge in [-0.25, -0.2) is 9.69 Å². The van der Waals surface area contributed by atoms with Crippen LogP contribution >= 0.6 is 0 Å². The van der Waals surface area contributed by atoms with E-state index in [0.29, 0.717) is 12.9 Å². The molecule has 41 heavy (non-hydrogen) atoms. The highest BCUT2D eigenvalue weighted by Crippen LogP contribution is 2.40. The first kappa shape index (κ1) is 31.1. The third-order valence-corrected chi connectivity index (χ3v) is 13.2. The second kappa shape index (κ2) is 12.2. The fourth-order valence-corrected chi connectivity index (χ4v) is 11.0. The van der Waals surface area contributed by atoms with Gasteiger partial charge in [0.25, 0.3) is 8.32 Å². The van der Waals surface area contributed by atoms with Crippen molar-refractivity contribution >= 4 is 37.0 Å². The maximum atomic E-state index is 13.3. The number of carbonyl (C=O) groups excluding carboxylic acids is 3. The van der Waals surface area contributed by atoms with E-state index in [4.69, 9.17) is 18.6 Å². The van der Waals surface area contributed by atoms with Gasteiger partial charge in [0.1, 0.15) is 18.8 Å². The number of cyclic esters (lactones) is 1. The van der Waals surface area contributed by atoms with Crippen LogP contribution in [0.4, 0.5) is 4.79 Å². The predicted molar refractivity (Wildman–Crippen MR) is 158 cm³/mol. The summed E-state index contributed by atoms with van der Waals surface area (Å²) in [6.45, 7) is 14.9. The number of ether oxygens (including phenoxy) is 3. The SMILES string of the molecule is C[C@H]1[C@H]([C@H](C=O)C(=O)N2CCOC2=O)OC(C)(C)O[C@@H]1[C@H](C)CO[Si](c1ccccc1)(c1ccccc1)C(C)(C)C. The third-order valence-electron chi connectivity index (χ3n) is 8.23. The van der Waals surface area contributed by atoms with Gasteiger partial charge in [0.2, 0.25) is 5.91 Å². The molecule has 9 heteroatoms. The van der Waals surface area contributed by atoms with Gasteiger partial charge in [-0.3, -0.25) is 4.79 Å². The number of nitrogens with zero attached hydrogens (tertiary/aromatic N) is 1. The second-order valence-corrected chi connectivity index (χ2v) is 16.9. The molecular weight excluding hydrogens is 538 g/mol. The highest BCUT2D eigenvalue weighted by atomic mass is 28.4. The first-order chi connectivity index (χ1) is 19.3. The van der Waals surface area contributed by atoms with E-state index in [1.54, 1.807) is 13.8 Å². The van der Waals surface area contributed by atoms with Crippen molar-refractivity contribution in [2.45, 2.75) is 71.5 Å². The minimum atomic E-state index is -2.78. The van der Waals surface area contributed by atoms with Crippen LogP contribution in [0.15, 0.2) is 60.7 Å².